The van der Waals surface area contributed by atoms with Gasteiger partial charge in [0.25, 0.3) is 0 Å². The van der Waals surface area contributed by atoms with Crippen molar-refractivity contribution in [1.29, 1.82) is 0 Å². The van der Waals surface area contributed by atoms with Crippen molar-refractivity contribution < 1.29 is 23.9 Å². The van der Waals surface area contributed by atoms with Gasteiger partial charge in [-0.1, -0.05) is 155 Å². The maximum atomic E-state index is 13.4. The number of carbonyl (C=O) groups is 3. The van der Waals surface area contributed by atoms with Crippen molar-refractivity contribution >= 4 is 17.8 Å². The van der Waals surface area contributed by atoms with E-state index in [0.717, 1.165) is 70.8 Å². The molecule has 0 saturated carbocycles. The van der Waals surface area contributed by atoms with Crippen LogP contribution in [0.3, 0.4) is 0 Å². The summed E-state index contributed by atoms with van der Waals surface area (Å²) in [5, 5.41) is 0. The fourth-order valence-electron chi connectivity index (χ4n) is 6.64. The maximum absolute atomic E-state index is 13.4. The van der Waals surface area contributed by atoms with Gasteiger partial charge in [0.05, 0.1) is 19.0 Å². The normalized spacial score (nSPS) is 12.8. The number of allylic oxidation sites excluding steroid dienone is 2. The van der Waals surface area contributed by atoms with Crippen LogP contribution in [0.5, 0.6) is 0 Å². The summed E-state index contributed by atoms with van der Waals surface area (Å²) < 4.78 is 11.4. The number of amides is 1. The molecule has 0 bridgehead atoms. The van der Waals surface area contributed by atoms with Gasteiger partial charge in [0.2, 0.25) is 5.91 Å². The van der Waals surface area contributed by atoms with Crippen LogP contribution < -0.4 is 0 Å². The number of esters is 2. The molecule has 1 amide bonds. The Balaban J connectivity index is 4.63. The van der Waals surface area contributed by atoms with Crippen LogP contribution in [0.15, 0.2) is 12.2 Å². The fourth-order valence-corrected chi connectivity index (χ4v) is 6.64. The van der Waals surface area contributed by atoms with Crippen LogP contribution in [0.25, 0.3) is 0 Å². The monoisotopic (exact) mass is 735 g/mol. The molecule has 0 aromatic heterocycles. The lowest BCUT2D eigenvalue weighted by molar-refractivity contribution is -0.152. The second-order valence-electron chi connectivity index (χ2n) is 15.6. The van der Waals surface area contributed by atoms with Gasteiger partial charge in [0, 0.05) is 12.3 Å². The van der Waals surface area contributed by atoms with E-state index in [4.69, 9.17) is 9.47 Å². The first-order chi connectivity index (χ1) is 25.3. The van der Waals surface area contributed by atoms with Crippen molar-refractivity contribution in [3.05, 3.63) is 12.2 Å². The lowest BCUT2D eigenvalue weighted by atomic mass is 9.94. The van der Waals surface area contributed by atoms with Crippen molar-refractivity contribution in [2.75, 3.05) is 46.9 Å². The molecule has 2 unspecified atom stereocenters. The Morgan fingerprint density at radius 3 is 1.50 bits per heavy atom. The topological polar surface area (TPSA) is 76.1 Å². The van der Waals surface area contributed by atoms with E-state index in [1.165, 1.54) is 103 Å². The molecule has 0 aliphatic heterocycles. The summed E-state index contributed by atoms with van der Waals surface area (Å²) in [5.74, 6) is -0.524. The zero-order chi connectivity index (χ0) is 38.5. The van der Waals surface area contributed by atoms with E-state index < -0.39 is 0 Å². The second-order valence-corrected chi connectivity index (χ2v) is 15.6. The first-order valence-electron chi connectivity index (χ1n) is 22.2. The summed E-state index contributed by atoms with van der Waals surface area (Å²) in [6, 6.07) is 0. The third kappa shape index (κ3) is 31.6. The molecule has 0 N–H and O–H groups in total. The molecule has 0 aromatic rings. The van der Waals surface area contributed by atoms with E-state index in [-0.39, 0.29) is 42.9 Å². The highest BCUT2D eigenvalue weighted by atomic mass is 16.5. The summed E-state index contributed by atoms with van der Waals surface area (Å²) in [6.07, 6.45) is 35.4. The lowest BCUT2D eigenvalue weighted by Crippen LogP contribution is -2.41. The van der Waals surface area contributed by atoms with Gasteiger partial charge in [-0.2, -0.15) is 0 Å². The minimum atomic E-state index is -0.197. The second kappa shape index (κ2) is 37.4. The summed E-state index contributed by atoms with van der Waals surface area (Å²) >= 11 is 0. The third-order valence-corrected chi connectivity index (χ3v) is 10.3. The Morgan fingerprint density at radius 2 is 0.981 bits per heavy atom. The standard InChI is InChI=1S/C45H86N2O5/c1-7-10-13-16-18-19-20-21-22-23-24-25-26-28-31-34-43(48)51-39-37-47(44(49)41(4)35-36-46(5)6)38-40-52-45(50)42(32-29-15-12-9-3)33-30-27-17-14-11-8-2/h21-22,41-42H,7-20,23-40H2,1-6H3/b22-21-. The summed E-state index contributed by atoms with van der Waals surface area (Å²) in [5.41, 5.74) is 0. The van der Waals surface area contributed by atoms with Gasteiger partial charge >= 0.3 is 11.9 Å². The highest BCUT2D eigenvalue weighted by Gasteiger charge is 2.23. The van der Waals surface area contributed by atoms with E-state index >= 15 is 0 Å². The zero-order valence-electron chi connectivity index (χ0n) is 35.4. The molecule has 0 aliphatic carbocycles. The minimum absolute atomic E-state index is 0.0226. The molecule has 7 heteroatoms. The van der Waals surface area contributed by atoms with Crippen molar-refractivity contribution in [2.45, 2.75) is 201 Å². The predicted molar refractivity (Wildman–Crippen MR) is 221 cm³/mol. The average Bonchev–Trinajstić information content (AvgIpc) is 3.13. The molecule has 0 aromatic carbocycles. The summed E-state index contributed by atoms with van der Waals surface area (Å²) in [4.78, 5) is 43.0. The van der Waals surface area contributed by atoms with Gasteiger partial charge in [-0.25, -0.2) is 0 Å². The number of hydrogen-bond donors (Lipinski definition) is 0. The first kappa shape index (κ1) is 50.1. The highest BCUT2D eigenvalue weighted by Crippen LogP contribution is 2.21. The molecule has 0 spiro atoms. The molecule has 0 rings (SSSR count). The number of rotatable bonds is 38. The van der Waals surface area contributed by atoms with E-state index in [1.54, 1.807) is 4.90 Å². The number of ether oxygens (including phenoxy) is 2. The van der Waals surface area contributed by atoms with Crippen LogP contribution >= 0.6 is 0 Å². The molecule has 2 atom stereocenters. The van der Waals surface area contributed by atoms with Crippen LogP contribution in [-0.4, -0.2) is 74.6 Å². The Kier molecular flexibility index (Phi) is 36.1. The lowest BCUT2D eigenvalue weighted by Gasteiger charge is -2.26. The Hall–Kier alpha value is -1.89. The van der Waals surface area contributed by atoms with Gasteiger partial charge in [-0.05, 0) is 72.0 Å². The number of hydrogen-bond acceptors (Lipinski definition) is 6. The Bertz CT molecular complexity index is 861. The van der Waals surface area contributed by atoms with Crippen molar-refractivity contribution in [3.8, 4) is 0 Å². The highest BCUT2D eigenvalue weighted by molar-refractivity contribution is 5.78. The predicted octanol–water partition coefficient (Wildman–Crippen LogP) is 11.9. The SMILES string of the molecule is CCCCCCCC/C=C\CCCCCCCC(=O)OCCN(CCOC(=O)C(CCCCCC)CCCCCCCC)C(=O)C(C)CCN(C)C. The Labute approximate surface area is 322 Å². The van der Waals surface area contributed by atoms with Crippen molar-refractivity contribution in [2.24, 2.45) is 11.8 Å². The fraction of sp³-hybridized carbons (Fsp3) is 0.889. The maximum Gasteiger partial charge on any atom is 0.308 e. The largest absolute Gasteiger partial charge is 0.464 e. The molecule has 7 nitrogen and oxygen atoms in total. The molecule has 0 fully saturated rings. The van der Waals surface area contributed by atoms with Crippen LogP contribution in [0.4, 0.5) is 0 Å². The van der Waals surface area contributed by atoms with Gasteiger partial charge in [-0.15, -0.1) is 0 Å². The molecule has 0 radical (unpaired) electrons. The molecule has 0 saturated heterocycles. The van der Waals surface area contributed by atoms with Gasteiger partial charge < -0.3 is 19.3 Å². The molecular weight excluding hydrogens is 649 g/mol. The van der Waals surface area contributed by atoms with Gasteiger partial charge in [0.1, 0.15) is 13.2 Å². The van der Waals surface area contributed by atoms with Gasteiger partial charge in [0.15, 0.2) is 0 Å². The van der Waals surface area contributed by atoms with Gasteiger partial charge in [-0.3, -0.25) is 14.4 Å². The smallest absolute Gasteiger partial charge is 0.308 e. The molecule has 0 aliphatic rings. The number of nitrogens with zero attached hydrogens (tertiary/aromatic N) is 2. The quantitative estimate of drug-likeness (QED) is 0.0357. The van der Waals surface area contributed by atoms with Crippen LogP contribution in [0, 0.1) is 11.8 Å². The average molecular weight is 735 g/mol. The van der Waals surface area contributed by atoms with Crippen LogP contribution in [0.2, 0.25) is 0 Å². The zero-order valence-corrected chi connectivity index (χ0v) is 35.4. The van der Waals surface area contributed by atoms with Crippen molar-refractivity contribution in [1.82, 2.24) is 9.80 Å². The third-order valence-electron chi connectivity index (χ3n) is 10.3. The number of carbonyl (C=O) groups excluding carboxylic acids is 3. The van der Waals surface area contributed by atoms with E-state index in [0.29, 0.717) is 19.5 Å². The molecule has 0 heterocycles. The molecule has 306 valence electrons. The van der Waals surface area contributed by atoms with E-state index in [9.17, 15) is 14.4 Å². The summed E-state index contributed by atoms with van der Waals surface area (Å²) in [7, 11) is 4.02. The summed E-state index contributed by atoms with van der Waals surface area (Å²) in [6.45, 7) is 10.5. The van der Waals surface area contributed by atoms with Crippen molar-refractivity contribution in [3.63, 3.8) is 0 Å². The molecular formula is C45H86N2O5. The van der Waals surface area contributed by atoms with E-state index in [2.05, 4.69) is 37.8 Å². The molecule has 52 heavy (non-hydrogen) atoms. The van der Waals surface area contributed by atoms with Crippen LogP contribution in [0.1, 0.15) is 201 Å². The first-order valence-corrected chi connectivity index (χ1v) is 22.2. The Morgan fingerprint density at radius 1 is 0.538 bits per heavy atom. The number of unbranched alkanes of at least 4 members (excludes halogenated alkanes) is 19. The minimum Gasteiger partial charge on any atom is -0.464 e. The van der Waals surface area contributed by atoms with E-state index in [1.807, 2.05) is 21.0 Å². The van der Waals surface area contributed by atoms with Crippen LogP contribution in [-0.2, 0) is 23.9 Å².